The van der Waals surface area contributed by atoms with E-state index < -0.39 is 10.0 Å². The number of nitrogens with zero attached hydrogens (tertiary/aromatic N) is 3. The molecule has 0 radical (unpaired) electrons. The Morgan fingerprint density at radius 3 is 2.29 bits per heavy atom. The van der Waals surface area contributed by atoms with Gasteiger partial charge in [0.2, 0.25) is 10.0 Å². The Kier molecular flexibility index (Phi) is 11.6. The second kappa shape index (κ2) is 14.9. The van der Waals surface area contributed by atoms with E-state index in [-0.39, 0.29) is 10.7 Å². The van der Waals surface area contributed by atoms with Crippen molar-refractivity contribution in [2.45, 2.75) is 44.6 Å². The first-order valence-corrected chi connectivity index (χ1v) is 15.1. The number of aliphatic imine (C=N–C) groups is 1. The summed E-state index contributed by atoms with van der Waals surface area (Å²) in [6.45, 7) is 15.5. The van der Waals surface area contributed by atoms with E-state index in [2.05, 4.69) is 55.3 Å². The standard InChI is InChI=1S/C33H41FN4O2S/c1-7-9-33(28-12-14-29(34)15-13-28)36-27(5)35-30-16-18-32(19-17-30)41(39,40)38-22-20-31(21-23-38)37(6)24-26(4)11-8-10-25(2)3/h7-19,31H,1,4,20-24H2,2-3,5-6H3,(H,35,36)/b11-8-,33-9-. The van der Waals surface area contributed by atoms with Crippen LogP contribution in [0.4, 0.5) is 10.1 Å². The molecular weight excluding hydrogens is 535 g/mol. The molecule has 0 unspecified atom stereocenters. The second-order valence-corrected chi connectivity index (χ2v) is 12.4. The summed E-state index contributed by atoms with van der Waals surface area (Å²) in [7, 11) is -1.52. The van der Waals surface area contributed by atoms with Crippen LogP contribution < -0.4 is 5.32 Å². The number of rotatable bonds is 11. The summed E-state index contributed by atoms with van der Waals surface area (Å²) >= 11 is 0. The Bertz CT molecular complexity index is 1430. The summed E-state index contributed by atoms with van der Waals surface area (Å²) in [5, 5.41) is 3.19. The number of halogens is 1. The van der Waals surface area contributed by atoms with E-state index in [4.69, 9.17) is 0 Å². The van der Waals surface area contributed by atoms with Crippen LogP contribution in [0.2, 0.25) is 0 Å². The minimum atomic E-state index is -3.59. The van der Waals surface area contributed by atoms with Crippen LogP contribution in [0.3, 0.4) is 0 Å². The lowest BCUT2D eigenvalue weighted by atomic mass is 10.0. The number of hydrogen-bond donors (Lipinski definition) is 1. The quantitative estimate of drug-likeness (QED) is 0.177. The number of allylic oxidation sites excluding steroid dienone is 5. The molecule has 0 bridgehead atoms. The molecule has 218 valence electrons. The van der Waals surface area contributed by atoms with Crippen molar-refractivity contribution in [3.63, 3.8) is 0 Å². The van der Waals surface area contributed by atoms with Gasteiger partial charge in [-0.25, -0.2) is 17.8 Å². The van der Waals surface area contributed by atoms with Gasteiger partial charge in [0.05, 0.1) is 10.6 Å². The molecule has 0 aliphatic carbocycles. The van der Waals surface area contributed by atoms with E-state index in [1.165, 1.54) is 17.7 Å². The van der Waals surface area contributed by atoms with Crippen LogP contribution >= 0.6 is 0 Å². The number of likely N-dealkylation sites (N-methyl/N-ethyl adjacent to an activating group) is 1. The number of nitrogens with one attached hydrogen (secondary N) is 1. The number of piperidine rings is 1. The van der Waals surface area contributed by atoms with Crippen LogP contribution in [-0.2, 0) is 10.0 Å². The summed E-state index contributed by atoms with van der Waals surface area (Å²) in [6.07, 6.45) is 11.0. The summed E-state index contributed by atoms with van der Waals surface area (Å²) in [4.78, 5) is 7.12. The minimum Gasteiger partial charge on any atom is -0.344 e. The van der Waals surface area contributed by atoms with E-state index in [1.54, 1.807) is 59.8 Å². The first kappa shape index (κ1) is 31.9. The van der Waals surface area contributed by atoms with Crippen LogP contribution in [-0.4, -0.2) is 56.2 Å². The molecule has 6 nitrogen and oxygen atoms in total. The molecule has 0 spiro atoms. The van der Waals surface area contributed by atoms with Crippen LogP contribution in [0, 0.1) is 5.82 Å². The third kappa shape index (κ3) is 9.49. The number of amidine groups is 1. The van der Waals surface area contributed by atoms with Crippen molar-refractivity contribution in [3.05, 3.63) is 115 Å². The largest absolute Gasteiger partial charge is 0.344 e. The van der Waals surface area contributed by atoms with Gasteiger partial charge in [-0.1, -0.05) is 43.0 Å². The molecule has 0 saturated carbocycles. The monoisotopic (exact) mass is 576 g/mol. The van der Waals surface area contributed by atoms with Gasteiger partial charge in [0.15, 0.2) is 0 Å². The lowest BCUT2D eigenvalue weighted by Gasteiger charge is -2.36. The van der Waals surface area contributed by atoms with Gasteiger partial charge in [-0.3, -0.25) is 4.90 Å². The van der Waals surface area contributed by atoms with Gasteiger partial charge < -0.3 is 5.32 Å². The van der Waals surface area contributed by atoms with Crippen molar-refractivity contribution in [1.29, 1.82) is 0 Å². The summed E-state index contributed by atoms with van der Waals surface area (Å²) in [6, 6.07) is 13.1. The zero-order chi connectivity index (χ0) is 30.0. The summed E-state index contributed by atoms with van der Waals surface area (Å²) in [5.74, 6) is 0.279. The van der Waals surface area contributed by atoms with Gasteiger partial charge in [-0.05, 0) is 101 Å². The Morgan fingerprint density at radius 1 is 1.07 bits per heavy atom. The molecule has 2 aromatic rings. The third-order valence-electron chi connectivity index (χ3n) is 6.78. The lowest BCUT2D eigenvalue weighted by molar-refractivity contribution is 0.180. The fraction of sp³-hybridized carbons (Fsp3) is 0.303. The Balaban J connectivity index is 1.59. The lowest BCUT2D eigenvalue weighted by Crippen LogP contribution is -2.45. The van der Waals surface area contributed by atoms with Crippen LogP contribution in [0.1, 0.15) is 39.2 Å². The summed E-state index contributed by atoms with van der Waals surface area (Å²) in [5.41, 5.74) is 4.35. The Morgan fingerprint density at radius 2 is 1.71 bits per heavy atom. The molecule has 3 rings (SSSR count). The van der Waals surface area contributed by atoms with E-state index in [0.717, 1.165) is 30.5 Å². The molecule has 0 amide bonds. The van der Waals surface area contributed by atoms with Gasteiger partial charge in [-0.15, -0.1) is 0 Å². The highest BCUT2D eigenvalue weighted by Gasteiger charge is 2.30. The molecule has 1 fully saturated rings. The van der Waals surface area contributed by atoms with Crippen LogP contribution in [0.5, 0.6) is 0 Å². The Hall–Kier alpha value is -3.59. The predicted molar refractivity (Wildman–Crippen MR) is 170 cm³/mol. The Labute approximate surface area is 245 Å². The van der Waals surface area contributed by atoms with Crippen molar-refractivity contribution in [1.82, 2.24) is 9.21 Å². The van der Waals surface area contributed by atoms with Gasteiger partial charge in [0, 0.05) is 36.9 Å². The molecule has 1 heterocycles. The summed E-state index contributed by atoms with van der Waals surface area (Å²) < 4.78 is 41.6. The molecule has 0 aromatic heterocycles. The van der Waals surface area contributed by atoms with Crippen molar-refractivity contribution < 1.29 is 12.8 Å². The first-order valence-electron chi connectivity index (χ1n) is 13.7. The van der Waals surface area contributed by atoms with Crippen molar-refractivity contribution >= 4 is 27.2 Å². The van der Waals surface area contributed by atoms with Gasteiger partial charge in [-0.2, -0.15) is 4.31 Å². The highest BCUT2D eigenvalue weighted by atomic mass is 32.2. The molecule has 0 atom stereocenters. The van der Waals surface area contributed by atoms with E-state index in [9.17, 15) is 12.8 Å². The number of hydrogen-bond acceptors (Lipinski definition) is 4. The average molecular weight is 577 g/mol. The average Bonchev–Trinajstić information content (AvgIpc) is 2.93. The molecule has 1 aliphatic heterocycles. The zero-order valence-electron chi connectivity index (χ0n) is 24.5. The molecule has 1 N–H and O–H groups in total. The highest BCUT2D eigenvalue weighted by Crippen LogP contribution is 2.25. The number of sulfonamides is 1. The molecule has 2 aromatic carbocycles. The van der Waals surface area contributed by atoms with Gasteiger partial charge in [0.1, 0.15) is 11.7 Å². The van der Waals surface area contributed by atoms with E-state index in [1.807, 2.05) is 12.2 Å². The molecule has 8 heteroatoms. The maximum atomic E-state index is 13.3. The number of anilines is 1. The molecule has 1 saturated heterocycles. The van der Waals surface area contributed by atoms with E-state index in [0.29, 0.717) is 36.4 Å². The minimum absolute atomic E-state index is 0.265. The van der Waals surface area contributed by atoms with Crippen molar-refractivity contribution in [2.75, 3.05) is 32.0 Å². The first-order chi connectivity index (χ1) is 19.5. The number of benzene rings is 2. The zero-order valence-corrected chi connectivity index (χ0v) is 25.3. The van der Waals surface area contributed by atoms with Crippen molar-refractivity contribution in [2.24, 2.45) is 4.99 Å². The van der Waals surface area contributed by atoms with Gasteiger partial charge >= 0.3 is 0 Å². The van der Waals surface area contributed by atoms with Gasteiger partial charge in [0.25, 0.3) is 0 Å². The maximum absolute atomic E-state index is 13.3. The molecular formula is C33H41FN4O2S. The fourth-order valence-electron chi connectivity index (χ4n) is 4.61. The maximum Gasteiger partial charge on any atom is 0.243 e. The molecule has 41 heavy (non-hydrogen) atoms. The SMILES string of the molecule is C=C/C=C(\N=C(C)Nc1ccc(S(=O)(=O)N2CCC(N(C)CC(=C)/C=C\C=C(C)C)CC2)cc1)c1ccc(F)cc1. The van der Waals surface area contributed by atoms with Crippen LogP contribution in [0.25, 0.3) is 5.70 Å². The molecule has 1 aliphatic rings. The fourth-order valence-corrected chi connectivity index (χ4v) is 6.08. The van der Waals surface area contributed by atoms with Crippen LogP contribution in [0.15, 0.2) is 113 Å². The normalized spacial score (nSPS) is 15.8. The smallest absolute Gasteiger partial charge is 0.243 e. The van der Waals surface area contributed by atoms with Crippen molar-refractivity contribution in [3.8, 4) is 0 Å². The predicted octanol–water partition coefficient (Wildman–Crippen LogP) is 7.05. The highest BCUT2D eigenvalue weighted by molar-refractivity contribution is 7.89. The third-order valence-corrected chi connectivity index (χ3v) is 8.69. The van der Waals surface area contributed by atoms with E-state index >= 15 is 0 Å². The topological polar surface area (TPSA) is 65.0 Å². The second-order valence-electron chi connectivity index (χ2n) is 10.5.